The van der Waals surface area contributed by atoms with E-state index in [0.717, 1.165) is 25.7 Å². The molecule has 0 aliphatic heterocycles. The van der Waals surface area contributed by atoms with Gasteiger partial charge in [0.2, 0.25) is 0 Å². The molecule has 0 saturated heterocycles. The zero-order valence-electron chi connectivity index (χ0n) is 8.16. The van der Waals surface area contributed by atoms with E-state index in [1.807, 2.05) is 6.92 Å². The first kappa shape index (κ1) is 8.25. The highest BCUT2D eigenvalue weighted by Crippen LogP contribution is 2.59. The average molecular weight is 182 g/mol. The number of hydrogen-bond donors (Lipinski definition) is 2. The maximum atomic E-state index is 10.4. The topological polar surface area (TPSA) is 40.5 Å². The smallest absolute Gasteiger partial charge is 0.0938 e. The van der Waals surface area contributed by atoms with Crippen molar-refractivity contribution in [3.8, 4) is 0 Å². The van der Waals surface area contributed by atoms with Crippen molar-refractivity contribution >= 4 is 0 Å². The summed E-state index contributed by atoms with van der Waals surface area (Å²) in [7, 11) is 0. The van der Waals surface area contributed by atoms with Crippen LogP contribution in [0.5, 0.6) is 0 Å². The van der Waals surface area contributed by atoms with Crippen molar-refractivity contribution in [2.24, 2.45) is 17.8 Å². The Morgan fingerprint density at radius 3 is 2.00 bits per heavy atom. The molecule has 0 radical (unpaired) electrons. The summed E-state index contributed by atoms with van der Waals surface area (Å²) >= 11 is 0. The number of hydrogen-bond acceptors (Lipinski definition) is 2. The van der Waals surface area contributed by atoms with E-state index in [1.165, 1.54) is 6.42 Å². The van der Waals surface area contributed by atoms with Crippen LogP contribution in [0.25, 0.3) is 0 Å². The van der Waals surface area contributed by atoms with Crippen LogP contribution in [0.3, 0.4) is 0 Å². The van der Waals surface area contributed by atoms with Gasteiger partial charge in [0.25, 0.3) is 0 Å². The Balaban J connectivity index is 2.03. The minimum atomic E-state index is -0.805. The van der Waals surface area contributed by atoms with Crippen LogP contribution in [0.1, 0.15) is 39.0 Å². The molecule has 4 aliphatic rings. The Morgan fingerprint density at radius 2 is 1.54 bits per heavy atom. The van der Waals surface area contributed by atoms with Crippen LogP contribution < -0.4 is 0 Å². The van der Waals surface area contributed by atoms with E-state index >= 15 is 0 Å². The molecule has 13 heavy (non-hydrogen) atoms. The average Bonchev–Trinajstić information content (AvgIpc) is 1.99. The van der Waals surface area contributed by atoms with Crippen molar-refractivity contribution in [2.75, 3.05) is 0 Å². The van der Waals surface area contributed by atoms with E-state index in [1.54, 1.807) is 0 Å². The summed E-state index contributed by atoms with van der Waals surface area (Å²) in [5, 5.41) is 20.7. The largest absolute Gasteiger partial charge is 0.387 e. The van der Waals surface area contributed by atoms with Gasteiger partial charge in [-0.05, 0) is 56.8 Å². The Bertz CT molecular complexity index is 232. The summed E-state index contributed by atoms with van der Waals surface area (Å²) in [4.78, 5) is 0. The molecule has 0 heterocycles. The minimum absolute atomic E-state index is 0.365. The van der Waals surface area contributed by atoms with Gasteiger partial charge in [0, 0.05) is 0 Å². The van der Waals surface area contributed by atoms with Gasteiger partial charge >= 0.3 is 0 Å². The third kappa shape index (κ3) is 0.861. The van der Waals surface area contributed by atoms with Crippen molar-refractivity contribution < 1.29 is 10.2 Å². The van der Waals surface area contributed by atoms with Gasteiger partial charge in [0.1, 0.15) is 0 Å². The Kier molecular flexibility index (Phi) is 1.34. The molecule has 2 nitrogen and oxygen atoms in total. The van der Waals surface area contributed by atoms with Crippen LogP contribution >= 0.6 is 0 Å². The van der Waals surface area contributed by atoms with Gasteiger partial charge in [-0.3, -0.25) is 0 Å². The lowest BCUT2D eigenvalue weighted by molar-refractivity contribution is -0.257. The van der Waals surface area contributed by atoms with Crippen molar-refractivity contribution in [1.82, 2.24) is 0 Å². The molecule has 5 atom stereocenters. The molecule has 0 aromatic rings. The molecule has 4 fully saturated rings. The molecule has 0 aromatic carbocycles. The second-order valence-corrected chi connectivity index (χ2v) is 5.72. The zero-order valence-corrected chi connectivity index (χ0v) is 8.16. The first-order chi connectivity index (χ1) is 6.01. The van der Waals surface area contributed by atoms with E-state index in [4.69, 9.17) is 0 Å². The molecule has 4 rings (SSSR count). The first-order valence-corrected chi connectivity index (χ1v) is 5.46. The lowest BCUT2D eigenvalue weighted by Crippen LogP contribution is -2.67. The monoisotopic (exact) mass is 182 g/mol. The highest BCUT2D eigenvalue weighted by Gasteiger charge is 2.62. The molecular formula is C11H18O2. The summed E-state index contributed by atoms with van der Waals surface area (Å²) in [6, 6.07) is 0. The molecule has 74 valence electrons. The lowest BCUT2D eigenvalue weighted by Gasteiger charge is -2.62. The predicted octanol–water partition coefficient (Wildman–Crippen LogP) is 1.31. The van der Waals surface area contributed by atoms with Crippen molar-refractivity contribution in [2.45, 2.75) is 50.2 Å². The van der Waals surface area contributed by atoms with Crippen LogP contribution in [0.2, 0.25) is 0 Å². The van der Waals surface area contributed by atoms with Crippen LogP contribution in [0.15, 0.2) is 0 Å². The molecule has 0 amide bonds. The first-order valence-electron chi connectivity index (χ1n) is 5.46. The van der Waals surface area contributed by atoms with E-state index < -0.39 is 11.2 Å². The molecule has 0 spiro atoms. The third-order valence-corrected chi connectivity index (χ3v) is 4.89. The fourth-order valence-corrected chi connectivity index (χ4v) is 4.19. The van der Waals surface area contributed by atoms with Crippen molar-refractivity contribution in [3.63, 3.8) is 0 Å². The van der Waals surface area contributed by atoms with Crippen molar-refractivity contribution in [3.05, 3.63) is 0 Å². The van der Waals surface area contributed by atoms with Gasteiger partial charge in [-0.2, -0.15) is 0 Å². The highest BCUT2D eigenvalue weighted by molar-refractivity contribution is 5.13. The van der Waals surface area contributed by atoms with Gasteiger partial charge in [0.15, 0.2) is 0 Å². The summed E-state index contributed by atoms with van der Waals surface area (Å²) < 4.78 is 0. The minimum Gasteiger partial charge on any atom is -0.387 e. The second kappa shape index (κ2) is 2.12. The van der Waals surface area contributed by atoms with Crippen molar-refractivity contribution in [1.29, 1.82) is 0 Å². The van der Waals surface area contributed by atoms with Gasteiger partial charge < -0.3 is 10.2 Å². The van der Waals surface area contributed by atoms with Gasteiger partial charge in [0.05, 0.1) is 11.2 Å². The number of aliphatic hydroxyl groups is 2. The van der Waals surface area contributed by atoms with Crippen LogP contribution in [-0.2, 0) is 0 Å². The van der Waals surface area contributed by atoms with E-state index in [0.29, 0.717) is 17.8 Å². The normalized spacial score (nSPS) is 64.4. The summed E-state index contributed by atoms with van der Waals surface area (Å²) in [6.45, 7) is 1.84. The van der Waals surface area contributed by atoms with E-state index in [2.05, 4.69) is 0 Å². The molecular weight excluding hydrogens is 164 g/mol. The quantitative estimate of drug-likeness (QED) is 0.593. The predicted molar refractivity (Wildman–Crippen MR) is 49.1 cm³/mol. The van der Waals surface area contributed by atoms with Gasteiger partial charge in [-0.1, -0.05) is 0 Å². The lowest BCUT2D eigenvalue weighted by atomic mass is 9.48. The molecule has 2 heteroatoms. The van der Waals surface area contributed by atoms with E-state index in [-0.39, 0.29) is 0 Å². The molecule has 4 bridgehead atoms. The summed E-state index contributed by atoms with van der Waals surface area (Å²) in [6.07, 6.45) is 5.27. The molecule has 0 aromatic heterocycles. The molecule has 3 unspecified atom stereocenters. The Morgan fingerprint density at radius 1 is 1.00 bits per heavy atom. The van der Waals surface area contributed by atoms with Crippen LogP contribution in [0, 0.1) is 17.8 Å². The maximum absolute atomic E-state index is 10.4. The zero-order chi connectivity index (χ0) is 9.27. The highest BCUT2D eigenvalue weighted by atomic mass is 16.4. The summed E-state index contributed by atoms with van der Waals surface area (Å²) in [5.74, 6) is 1.76. The fraction of sp³-hybridized carbons (Fsp3) is 1.00. The molecule has 2 N–H and O–H groups in total. The van der Waals surface area contributed by atoms with Crippen LogP contribution in [-0.4, -0.2) is 21.4 Å². The molecule has 4 aliphatic carbocycles. The Labute approximate surface area is 79.0 Å². The second-order valence-electron chi connectivity index (χ2n) is 5.72. The Hall–Kier alpha value is -0.0800. The van der Waals surface area contributed by atoms with Gasteiger partial charge in [-0.15, -0.1) is 0 Å². The van der Waals surface area contributed by atoms with E-state index in [9.17, 15) is 10.2 Å². The van der Waals surface area contributed by atoms with Gasteiger partial charge in [-0.25, -0.2) is 0 Å². The SMILES string of the molecule is CC1(O)C2C[C@@H]3C[C@H](C2)CC1(O)C3. The fourth-order valence-electron chi connectivity index (χ4n) is 4.19. The maximum Gasteiger partial charge on any atom is 0.0938 e. The van der Waals surface area contributed by atoms with Crippen LogP contribution in [0.4, 0.5) is 0 Å². The third-order valence-electron chi connectivity index (χ3n) is 4.89. The number of rotatable bonds is 0. The summed E-state index contributed by atoms with van der Waals surface area (Å²) in [5.41, 5.74) is -1.55. The molecule has 4 saturated carbocycles. The standard InChI is InChI=1S/C11H18O2/c1-10(12)9-3-7-2-8(4-9)6-11(10,13)5-7/h7-9,12-13H,2-6H2,1H3/t7-,8+,9?,10?,11?.